The van der Waals surface area contributed by atoms with Crippen LogP contribution < -0.4 is 10.9 Å². The van der Waals surface area contributed by atoms with Crippen molar-refractivity contribution in [2.24, 2.45) is 5.73 Å². The van der Waals surface area contributed by atoms with E-state index < -0.39 is 12.5 Å². The lowest BCUT2D eigenvalue weighted by Crippen LogP contribution is -2.21. The maximum Gasteiger partial charge on any atom is 0.326 e. The third-order valence-electron chi connectivity index (χ3n) is 1.73. The van der Waals surface area contributed by atoms with Crippen LogP contribution in [0.15, 0.2) is 24.3 Å². The first-order chi connectivity index (χ1) is 6.63. The molecule has 0 saturated carbocycles. The van der Waals surface area contributed by atoms with Gasteiger partial charge in [0.1, 0.15) is 6.54 Å². The molecule has 4 nitrogen and oxygen atoms in total. The molecule has 0 amide bonds. The zero-order valence-corrected chi connectivity index (χ0v) is 7.48. The molecule has 0 bridgehead atoms. The van der Waals surface area contributed by atoms with E-state index in [0.717, 1.165) is 5.56 Å². The van der Waals surface area contributed by atoms with Crippen molar-refractivity contribution in [3.05, 3.63) is 29.8 Å². The molecule has 0 aromatic heterocycles. The maximum atomic E-state index is 13.0. The Bertz CT molecular complexity index is 313. The zero-order valence-electron chi connectivity index (χ0n) is 7.48. The van der Waals surface area contributed by atoms with Crippen LogP contribution in [0.2, 0.25) is 0 Å². The molecule has 1 aromatic carbocycles. The van der Waals surface area contributed by atoms with Gasteiger partial charge in [0.15, 0.2) is 0 Å². The molecule has 0 atom stereocenters. The molecule has 0 fully saturated rings. The smallest absolute Gasteiger partial charge is 0.326 e. The van der Waals surface area contributed by atoms with Gasteiger partial charge in [-0.15, -0.1) is 0 Å². The number of anilines is 1. The third kappa shape index (κ3) is 2.70. The number of hydrogen-bond donors (Lipinski definition) is 2. The van der Waals surface area contributed by atoms with Gasteiger partial charge in [0.25, 0.3) is 0 Å². The maximum absolute atomic E-state index is 13.0. The molecular weight excluding hydrogens is 187 g/mol. The summed E-state index contributed by atoms with van der Waals surface area (Å²) in [6.45, 7) is -0.284. The second kappa shape index (κ2) is 4.57. The highest BCUT2D eigenvalue weighted by molar-refractivity contribution is 5.72. The molecule has 3 N–H and O–H groups in total. The first-order valence-electron chi connectivity index (χ1n) is 4.07. The highest BCUT2D eigenvalue weighted by atomic mass is 19.2. The van der Waals surface area contributed by atoms with E-state index in [-0.39, 0.29) is 10.8 Å². The summed E-state index contributed by atoms with van der Waals surface area (Å²) in [4.78, 5) is 10.2. The Labute approximate surface area is 80.7 Å². The van der Waals surface area contributed by atoms with Crippen molar-refractivity contribution in [1.29, 1.82) is 0 Å². The fourth-order valence-electron chi connectivity index (χ4n) is 1.00. The van der Waals surface area contributed by atoms with Crippen LogP contribution in [0.25, 0.3) is 0 Å². The fraction of sp³-hybridized carbons (Fsp3) is 0.222. The highest BCUT2D eigenvalue weighted by Crippen LogP contribution is 2.15. The number of carboxylic acid groups (broad SMARTS) is 1. The number of nitrogens with zero attached hydrogens (tertiary/aromatic N) is 1. The average molecular weight is 198 g/mol. The van der Waals surface area contributed by atoms with Crippen molar-refractivity contribution in [2.45, 2.75) is 6.54 Å². The monoisotopic (exact) mass is 198 g/mol. The van der Waals surface area contributed by atoms with Crippen molar-refractivity contribution < 1.29 is 14.4 Å². The lowest BCUT2D eigenvalue weighted by molar-refractivity contribution is -0.135. The van der Waals surface area contributed by atoms with Crippen LogP contribution in [0.5, 0.6) is 0 Å². The van der Waals surface area contributed by atoms with Gasteiger partial charge in [-0.2, -0.15) is 0 Å². The molecule has 76 valence electrons. The van der Waals surface area contributed by atoms with Gasteiger partial charge in [0, 0.05) is 6.54 Å². The largest absolute Gasteiger partial charge is 0.480 e. The summed E-state index contributed by atoms with van der Waals surface area (Å²) in [5.74, 6) is -1.21. The zero-order chi connectivity index (χ0) is 10.6. The Hall–Kier alpha value is -1.62. The van der Waals surface area contributed by atoms with Crippen LogP contribution in [0.4, 0.5) is 10.2 Å². The van der Waals surface area contributed by atoms with E-state index in [1.807, 2.05) is 0 Å². The summed E-state index contributed by atoms with van der Waals surface area (Å²) in [5, 5.41) is 8.51. The number of rotatable bonds is 4. The number of halogens is 1. The van der Waals surface area contributed by atoms with Crippen molar-refractivity contribution in [2.75, 3.05) is 11.7 Å². The van der Waals surface area contributed by atoms with E-state index in [2.05, 4.69) is 0 Å². The first-order valence-corrected chi connectivity index (χ1v) is 4.07. The van der Waals surface area contributed by atoms with Gasteiger partial charge < -0.3 is 10.8 Å². The van der Waals surface area contributed by atoms with E-state index >= 15 is 0 Å². The van der Waals surface area contributed by atoms with Crippen LogP contribution in [0.1, 0.15) is 5.56 Å². The molecule has 0 spiro atoms. The second-order valence-corrected chi connectivity index (χ2v) is 2.78. The first kappa shape index (κ1) is 10.5. The Morgan fingerprint density at radius 1 is 1.43 bits per heavy atom. The lowest BCUT2D eigenvalue weighted by atomic mass is 10.2. The average Bonchev–Trinajstić information content (AvgIpc) is 2.17. The number of benzene rings is 1. The fourth-order valence-corrected chi connectivity index (χ4v) is 1.00. The molecule has 0 aliphatic carbocycles. The van der Waals surface area contributed by atoms with Gasteiger partial charge in [-0.25, -0.2) is 5.12 Å². The predicted molar refractivity (Wildman–Crippen MR) is 50.4 cm³/mol. The van der Waals surface area contributed by atoms with Crippen LogP contribution in [0.3, 0.4) is 0 Å². The Morgan fingerprint density at radius 3 is 2.43 bits per heavy atom. The number of carboxylic acids is 1. The molecule has 14 heavy (non-hydrogen) atoms. The summed E-state index contributed by atoms with van der Waals surface area (Å²) in [6.07, 6.45) is 0. The number of aliphatic carboxylic acids is 1. The van der Waals surface area contributed by atoms with E-state index in [9.17, 15) is 9.28 Å². The number of nitrogens with two attached hydrogens (primary N) is 1. The van der Waals surface area contributed by atoms with E-state index in [4.69, 9.17) is 10.8 Å². The number of carbonyl (C=O) groups is 1. The van der Waals surface area contributed by atoms with Crippen LogP contribution in [0, 0.1) is 0 Å². The Balaban J connectivity index is 2.71. The van der Waals surface area contributed by atoms with Crippen molar-refractivity contribution in [1.82, 2.24) is 0 Å². The minimum atomic E-state index is -1.21. The highest BCUT2D eigenvalue weighted by Gasteiger charge is 2.08. The van der Waals surface area contributed by atoms with Crippen LogP contribution >= 0.6 is 0 Å². The van der Waals surface area contributed by atoms with Crippen LogP contribution in [-0.2, 0) is 11.3 Å². The SMILES string of the molecule is NCc1ccc(N(F)CC(=O)O)cc1. The van der Waals surface area contributed by atoms with E-state index in [1.165, 1.54) is 12.1 Å². The minimum absolute atomic E-state index is 0.169. The van der Waals surface area contributed by atoms with Gasteiger partial charge in [-0.3, -0.25) is 4.79 Å². The van der Waals surface area contributed by atoms with Crippen LogP contribution in [-0.4, -0.2) is 17.6 Å². The molecular formula is C9H11FN2O2. The lowest BCUT2D eigenvalue weighted by Gasteiger charge is -2.11. The van der Waals surface area contributed by atoms with E-state index in [0.29, 0.717) is 6.54 Å². The van der Waals surface area contributed by atoms with Gasteiger partial charge in [0.05, 0.1) is 5.69 Å². The molecule has 0 heterocycles. The van der Waals surface area contributed by atoms with Crippen molar-refractivity contribution in [3.8, 4) is 0 Å². The molecule has 0 radical (unpaired) electrons. The molecule has 0 unspecified atom stereocenters. The minimum Gasteiger partial charge on any atom is -0.480 e. The molecule has 0 aliphatic heterocycles. The summed E-state index contributed by atoms with van der Waals surface area (Å²) >= 11 is 0. The number of hydrogen-bond acceptors (Lipinski definition) is 3. The molecule has 1 aromatic rings. The Morgan fingerprint density at radius 2 is 2.00 bits per heavy atom. The van der Waals surface area contributed by atoms with E-state index in [1.54, 1.807) is 12.1 Å². The normalized spacial score (nSPS) is 9.86. The van der Waals surface area contributed by atoms with Crippen molar-refractivity contribution in [3.63, 3.8) is 0 Å². The van der Waals surface area contributed by atoms with Crippen molar-refractivity contribution >= 4 is 11.7 Å². The Kier molecular flexibility index (Phi) is 3.41. The molecule has 5 heteroatoms. The molecule has 0 saturated heterocycles. The predicted octanol–water partition coefficient (Wildman–Crippen LogP) is 0.921. The summed E-state index contributed by atoms with van der Waals surface area (Å²) in [6, 6.07) is 6.30. The summed E-state index contributed by atoms with van der Waals surface area (Å²) in [7, 11) is 0. The van der Waals surface area contributed by atoms with Gasteiger partial charge in [-0.1, -0.05) is 16.6 Å². The van der Waals surface area contributed by atoms with Gasteiger partial charge in [-0.05, 0) is 17.7 Å². The van der Waals surface area contributed by atoms with Gasteiger partial charge >= 0.3 is 5.97 Å². The van der Waals surface area contributed by atoms with Gasteiger partial charge in [0.2, 0.25) is 0 Å². The third-order valence-corrected chi connectivity index (χ3v) is 1.73. The molecule has 1 rings (SSSR count). The summed E-state index contributed by atoms with van der Waals surface area (Å²) in [5.41, 5.74) is 6.44. The standard InChI is InChI=1S/C9H11FN2O2/c10-12(6-9(13)14)8-3-1-7(5-11)2-4-8/h1-4H,5-6,11H2,(H,13,14). The molecule has 0 aliphatic rings. The quantitative estimate of drug-likeness (QED) is 0.706. The second-order valence-electron chi connectivity index (χ2n) is 2.78. The topological polar surface area (TPSA) is 66.6 Å². The summed E-state index contributed by atoms with van der Waals surface area (Å²) < 4.78 is 13.0.